The number of carbonyl (C=O) groups excluding carboxylic acids is 1. The minimum atomic E-state index is -0.399. The van der Waals surface area contributed by atoms with Crippen LogP contribution >= 0.6 is 0 Å². The van der Waals surface area contributed by atoms with E-state index in [2.05, 4.69) is 14.8 Å². The van der Waals surface area contributed by atoms with E-state index in [1.807, 2.05) is 12.1 Å². The molecule has 0 saturated carbocycles. The van der Waals surface area contributed by atoms with E-state index < -0.39 is 5.97 Å². The predicted molar refractivity (Wildman–Crippen MR) is 74.2 cm³/mol. The first-order chi connectivity index (χ1) is 9.67. The standard InChI is InChI=1S/C14H12N4O2/c1-20-14(19)10-6-7-18-12(8-10)16-13(17-18)9-2-4-11(15)5-3-9/h2-8H,15H2,1H3. The number of nitrogen functional groups attached to an aromatic ring is 1. The number of pyridine rings is 1. The summed E-state index contributed by atoms with van der Waals surface area (Å²) in [6.07, 6.45) is 1.68. The van der Waals surface area contributed by atoms with E-state index in [4.69, 9.17) is 5.73 Å². The zero-order valence-corrected chi connectivity index (χ0v) is 10.8. The van der Waals surface area contributed by atoms with Crippen LogP contribution in [0.5, 0.6) is 0 Å². The van der Waals surface area contributed by atoms with Crippen LogP contribution in [-0.4, -0.2) is 27.7 Å². The molecule has 0 aliphatic carbocycles. The van der Waals surface area contributed by atoms with Gasteiger partial charge >= 0.3 is 5.97 Å². The Hall–Kier alpha value is -2.89. The molecule has 0 radical (unpaired) electrons. The molecular formula is C14H12N4O2. The van der Waals surface area contributed by atoms with Crippen molar-refractivity contribution in [3.8, 4) is 11.4 Å². The topological polar surface area (TPSA) is 82.5 Å². The second-order valence-electron chi connectivity index (χ2n) is 4.27. The zero-order valence-electron chi connectivity index (χ0n) is 10.8. The number of hydrogen-bond donors (Lipinski definition) is 1. The molecule has 0 spiro atoms. The number of anilines is 1. The summed E-state index contributed by atoms with van der Waals surface area (Å²) in [7, 11) is 1.34. The normalized spacial score (nSPS) is 10.7. The van der Waals surface area contributed by atoms with Gasteiger partial charge in [-0.15, -0.1) is 5.10 Å². The number of esters is 1. The van der Waals surface area contributed by atoms with Crippen LogP contribution in [0.4, 0.5) is 5.69 Å². The van der Waals surface area contributed by atoms with Gasteiger partial charge in [-0.3, -0.25) is 0 Å². The summed E-state index contributed by atoms with van der Waals surface area (Å²) in [5.41, 5.74) is 8.22. The molecule has 0 aliphatic heterocycles. The van der Waals surface area contributed by atoms with E-state index in [-0.39, 0.29) is 0 Å². The lowest BCUT2D eigenvalue weighted by molar-refractivity contribution is 0.0600. The van der Waals surface area contributed by atoms with Crippen molar-refractivity contribution in [2.75, 3.05) is 12.8 Å². The van der Waals surface area contributed by atoms with Gasteiger partial charge in [0, 0.05) is 17.4 Å². The summed E-state index contributed by atoms with van der Waals surface area (Å²) in [5.74, 6) is 0.177. The SMILES string of the molecule is COC(=O)c1ccn2nc(-c3ccc(N)cc3)nc2c1. The van der Waals surface area contributed by atoms with Crippen LogP contribution in [0.15, 0.2) is 42.6 Å². The van der Waals surface area contributed by atoms with Crippen LogP contribution in [0.25, 0.3) is 17.0 Å². The minimum Gasteiger partial charge on any atom is -0.465 e. The van der Waals surface area contributed by atoms with E-state index in [0.29, 0.717) is 22.7 Å². The molecule has 0 amide bonds. The van der Waals surface area contributed by atoms with Crippen molar-refractivity contribution in [1.29, 1.82) is 0 Å². The second-order valence-corrected chi connectivity index (χ2v) is 4.27. The Kier molecular flexibility index (Phi) is 2.83. The van der Waals surface area contributed by atoms with Gasteiger partial charge in [-0.25, -0.2) is 14.3 Å². The number of ether oxygens (including phenoxy) is 1. The number of hydrogen-bond acceptors (Lipinski definition) is 5. The quantitative estimate of drug-likeness (QED) is 0.565. The summed E-state index contributed by atoms with van der Waals surface area (Å²) in [6.45, 7) is 0. The van der Waals surface area contributed by atoms with E-state index in [1.165, 1.54) is 7.11 Å². The monoisotopic (exact) mass is 268 g/mol. The van der Waals surface area contributed by atoms with Crippen molar-refractivity contribution in [2.24, 2.45) is 0 Å². The number of nitrogens with two attached hydrogens (primary N) is 1. The summed E-state index contributed by atoms with van der Waals surface area (Å²) < 4.78 is 6.29. The Morgan fingerprint density at radius 2 is 2.00 bits per heavy atom. The van der Waals surface area contributed by atoms with Gasteiger partial charge in [-0.2, -0.15) is 0 Å². The summed E-state index contributed by atoms with van der Waals surface area (Å²) in [4.78, 5) is 15.9. The second kappa shape index (κ2) is 4.65. The third kappa shape index (κ3) is 2.07. The van der Waals surface area contributed by atoms with E-state index >= 15 is 0 Å². The van der Waals surface area contributed by atoms with Gasteiger partial charge in [0.15, 0.2) is 11.5 Å². The Bertz CT molecular complexity index is 777. The number of rotatable bonds is 2. The fourth-order valence-corrected chi connectivity index (χ4v) is 1.88. The molecule has 2 aromatic heterocycles. The molecule has 6 heteroatoms. The van der Waals surface area contributed by atoms with Crippen LogP contribution in [-0.2, 0) is 4.74 Å². The van der Waals surface area contributed by atoms with Gasteiger partial charge in [-0.1, -0.05) is 0 Å². The lowest BCUT2D eigenvalue weighted by atomic mass is 10.2. The van der Waals surface area contributed by atoms with Crippen LogP contribution in [0.1, 0.15) is 10.4 Å². The molecule has 20 heavy (non-hydrogen) atoms. The van der Waals surface area contributed by atoms with Crippen molar-refractivity contribution < 1.29 is 9.53 Å². The molecule has 6 nitrogen and oxygen atoms in total. The zero-order chi connectivity index (χ0) is 14.1. The maximum Gasteiger partial charge on any atom is 0.338 e. The molecule has 0 aliphatic rings. The van der Waals surface area contributed by atoms with Crippen LogP contribution < -0.4 is 5.73 Å². The predicted octanol–water partition coefficient (Wildman–Crippen LogP) is 1.77. The first-order valence-electron chi connectivity index (χ1n) is 5.98. The van der Waals surface area contributed by atoms with E-state index in [0.717, 1.165) is 5.56 Å². The van der Waals surface area contributed by atoms with E-state index in [9.17, 15) is 4.79 Å². The average molecular weight is 268 g/mol. The van der Waals surface area contributed by atoms with Crippen molar-refractivity contribution in [1.82, 2.24) is 14.6 Å². The maximum absolute atomic E-state index is 11.5. The molecule has 0 saturated heterocycles. The van der Waals surface area contributed by atoms with Gasteiger partial charge in [0.2, 0.25) is 0 Å². The first kappa shape index (κ1) is 12.2. The number of methoxy groups -OCH3 is 1. The van der Waals surface area contributed by atoms with Gasteiger partial charge in [0.1, 0.15) is 0 Å². The Labute approximate surface area is 114 Å². The van der Waals surface area contributed by atoms with E-state index in [1.54, 1.807) is 35.0 Å². The molecule has 3 rings (SSSR count). The fourth-order valence-electron chi connectivity index (χ4n) is 1.88. The maximum atomic E-state index is 11.5. The Balaban J connectivity index is 2.06. The van der Waals surface area contributed by atoms with Gasteiger partial charge in [0.25, 0.3) is 0 Å². The highest BCUT2D eigenvalue weighted by atomic mass is 16.5. The highest BCUT2D eigenvalue weighted by Crippen LogP contribution is 2.18. The van der Waals surface area contributed by atoms with Crippen LogP contribution in [0.3, 0.4) is 0 Å². The smallest absolute Gasteiger partial charge is 0.338 e. The van der Waals surface area contributed by atoms with Gasteiger partial charge < -0.3 is 10.5 Å². The highest BCUT2D eigenvalue weighted by Gasteiger charge is 2.10. The minimum absolute atomic E-state index is 0.399. The molecule has 3 aromatic rings. The third-order valence-electron chi connectivity index (χ3n) is 2.93. The Morgan fingerprint density at radius 1 is 1.25 bits per heavy atom. The number of fused-ring (bicyclic) bond motifs is 1. The lowest BCUT2D eigenvalue weighted by Gasteiger charge is -1.97. The van der Waals surface area contributed by atoms with Crippen molar-refractivity contribution in [2.45, 2.75) is 0 Å². The largest absolute Gasteiger partial charge is 0.465 e. The average Bonchev–Trinajstić information content (AvgIpc) is 2.90. The number of carbonyl (C=O) groups is 1. The summed E-state index contributed by atoms with van der Waals surface area (Å²) in [5, 5.41) is 4.35. The molecular weight excluding hydrogens is 256 g/mol. The molecule has 0 unspecified atom stereocenters. The van der Waals surface area contributed by atoms with Crippen molar-refractivity contribution in [3.05, 3.63) is 48.2 Å². The molecule has 0 atom stereocenters. The molecule has 0 bridgehead atoms. The number of nitrogens with zero attached hydrogens (tertiary/aromatic N) is 3. The van der Waals surface area contributed by atoms with Gasteiger partial charge in [-0.05, 0) is 36.4 Å². The number of aromatic nitrogens is 3. The fraction of sp³-hybridized carbons (Fsp3) is 0.0714. The van der Waals surface area contributed by atoms with Crippen LogP contribution in [0.2, 0.25) is 0 Å². The third-order valence-corrected chi connectivity index (χ3v) is 2.93. The molecule has 100 valence electrons. The van der Waals surface area contributed by atoms with Gasteiger partial charge in [0.05, 0.1) is 12.7 Å². The molecule has 1 aromatic carbocycles. The Morgan fingerprint density at radius 3 is 2.70 bits per heavy atom. The summed E-state index contributed by atoms with van der Waals surface area (Å²) >= 11 is 0. The van der Waals surface area contributed by atoms with Crippen molar-refractivity contribution >= 4 is 17.3 Å². The summed E-state index contributed by atoms with van der Waals surface area (Å²) in [6, 6.07) is 10.6. The lowest BCUT2D eigenvalue weighted by Crippen LogP contribution is -2.02. The highest BCUT2D eigenvalue weighted by molar-refractivity contribution is 5.90. The molecule has 0 fully saturated rings. The number of benzene rings is 1. The molecule has 2 N–H and O–H groups in total. The molecule has 2 heterocycles. The first-order valence-corrected chi connectivity index (χ1v) is 5.98. The van der Waals surface area contributed by atoms with Crippen LogP contribution in [0, 0.1) is 0 Å². The van der Waals surface area contributed by atoms with Crippen molar-refractivity contribution in [3.63, 3.8) is 0 Å².